The van der Waals surface area contributed by atoms with Crippen LogP contribution in [0, 0.1) is 12.3 Å². The Morgan fingerprint density at radius 3 is 2.86 bits per heavy atom. The van der Waals surface area contributed by atoms with Crippen molar-refractivity contribution in [2.24, 2.45) is 0 Å². The van der Waals surface area contributed by atoms with Gasteiger partial charge in [0.15, 0.2) is 0 Å². The summed E-state index contributed by atoms with van der Waals surface area (Å²) in [6.45, 7) is -0.0349. The normalized spacial score (nSPS) is 10.0. The van der Waals surface area contributed by atoms with Gasteiger partial charge in [0.25, 0.3) is 0 Å². The van der Waals surface area contributed by atoms with Gasteiger partial charge >= 0.3 is 0 Å². The Bertz CT molecular complexity index is 511. The predicted molar refractivity (Wildman–Crippen MR) is 55.6 cm³/mol. The van der Waals surface area contributed by atoms with Crippen LogP contribution in [0.2, 0.25) is 0 Å². The highest BCUT2D eigenvalue weighted by Gasteiger charge is 1.97. The molecule has 0 fully saturated rings. The van der Waals surface area contributed by atoms with E-state index in [9.17, 15) is 0 Å². The van der Waals surface area contributed by atoms with Crippen molar-refractivity contribution in [3.8, 4) is 12.3 Å². The maximum atomic E-state index is 8.90. The lowest BCUT2D eigenvalue weighted by Gasteiger charge is -2.00. The Morgan fingerprint density at radius 2 is 2.14 bits per heavy atom. The zero-order valence-corrected chi connectivity index (χ0v) is 7.57. The molecule has 2 rings (SSSR count). The van der Waals surface area contributed by atoms with E-state index in [1.54, 1.807) is 6.07 Å². The fourth-order valence-corrected chi connectivity index (χ4v) is 1.35. The fourth-order valence-electron chi connectivity index (χ4n) is 1.35. The largest absolute Gasteiger partial charge is 0.390 e. The number of hydrogen-bond acceptors (Lipinski definition) is 2. The molecule has 2 heteroatoms. The Labute approximate surface area is 82.2 Å². The van der Waals surface area contributed by atoms with Crippen molar-refractivity contribution >= 4 is 10.9 Å². The summed E-state index contributed by atoms with van der Waals surface area (Å²) in [5.41, 5.74) is 2.37. The molecule has 2 aromatic rings. The molecule has 1 N–H and O–H groups in total. The van der Waals surface area contributed by atoms with Crippen molar-refractivity contribution in [1.29, 1.82) is 0 Å². The van der Waals surface area contributed by atoms with Crippen LogP contribution in [0.4, 0.5) is 0 Å². The highest BCUT2D eigenvalue weighted by atomic mass is 16.3. The maximum absolute atomic E-state index is 8.90. The molecule has 1 aromatic carbocycles. The van der Waals surface area contributed by atoms with Gasteiger partial charge in [-0.15, -0.1) is 6.42 Å². The van der Waals surface area contributed by atoms with Gasteiger partial charge in [0.2, 0.25) is 0 Å². The van der Waals surface area contributed by atoms with Crippen LogP contribution in [0.5, 0.6) is 0 Å². The number of fused-ring (bicyclic) bond motifs is 1. The minimum atomic E-state index is -0.0349. The molecule has 68 valence electrons. The number of benzene rings is 1. The highest BCUT2D eigenvalue weighted by Crippen LogP contribution is 2.14. The molecule has 0 radical (unpaired) electrons. The molecule has 2 nitrogen and oxygen atoms in total. The molecule has 0 aliphatic heterocycles. The maximum Gasteiger partial charge on any atom is 0.0853 e. The summed E-state index contributed by atoms with van der Waals surface area (Å²) in [6.07, 6.45) is 5.29. The van der Waals surface area contributed by atoms with Gasteiger partial charge in [-0.05, 0) is 24.3 Å². The SMILES string of the molecule is C#Cc1ccc2nc(CO)ccc2c1. The minimum absolute atomic E-state index is 0.0349. The second-order valence-corrected chi connectivity index (χ2v) is 3.01. The third kappa shape index (κ3) is 1.46. The Hall–Kier alpha value is -1.85. The van der Waals surface area contributed by atoms with Crippen LogP contribution in [-0.2, 0) is 6.61 Å². The van der Waals surface area contributed by atoms with E-state index in [2.05, 4.69) is 10.9 Å². The van der Waals surface area contributed by atoms with Gasteiger partial charge < -0.3 is 5.11 Å². The quantitative estimate of drug-likeness (QED) is 0.683. The Kier molecular flexibility index (Phi) is 2.18. The second kappa shape index (κ2) is 3.49. The summed E-state index contributed by atoms with van der Waals surface area (Å²) in [4.78, 5) is 4.25. The number of rotatable bonds is 1. The monoisotopic (exact) mass is 183 g/mol. The third-order valence-electron chi connectivity index (χ3n) is 2.08. The van der Waals surface area contributed by atoms with E-state index < -0.39 is 0 Å². The lowest BCUT2D eigenvalue weighted by atomic mass is 10.1. The zero-order valence-electron chi connectivity index (χ0n) is 7.57. The zero-order chi connectivity index (χ0) is 9.97. The van der Waals surface area contributed by atoms with Crippen molar-refractivity contribution in [1.82, 2.24) is 4.98 Å². The molecule has 0 atom stereocenters. The van der Waals surface area contributed by atoms with Gasteiger partial charge in [0.05, 0.1) is 17.8 Å². The van der Waals surface area contributed by atoms with Gasteiger partial charge in [-0.25, -0.2) is 0 Å². The predicted octanol–water partition coefficient (Wildman–Crippen LogP) is 1.71. The van der Waals surface area contributed by atoms with Crippen LogP contribution >= 0.6 is 0 Å². The fraction of sp³-hybridized carbons (Fsp3) is 0.0833. The van der Waals surface area contributed by atoms with Crippen LogP contribution in [0.15, 0.2) is 30.3 Å². The highest BCUT2D eigenvalue weighted by molar-refractivity contribution is 5.80. The average molecular weight is 183 g/mol. The molecule has 0 bridgehead atoms. The van der Waals surface area contributed by atoms with Crippen molar-refractivity contribution < 1.29 is 5.11 Å². The number of aromatic nitrogens is 1. The lowest BCUT2D eigenvalue weighted by molar-refractivity contribution is 0.277. The molecule has 1 aromatic heterocycles. The first-order valence-electron chi connectivity index (χ1n) is 4.30. The smallest absolute Gasteiger partial charge is 0.0853 e. The molecule has 0 saturated heterocycles. The summed E-state index contributed by atoms with van der Waals surface area (Å²) in [5.74, 6) is 2.57. The van der Waals surface area contributed by atoms with Crippen molar-refractivity contribution in [3.05, 3.63) is 41.6 Å². The van der Waals surface area contributed by atoms with Gasteiger partial charge in [0.1, 0.15) is 0 Å². The lowest BCUT2D eigenvalue weighted by Crippen LogP contribution is -1.89. The van der Waals surface area contributed by atoms with Crippen LogP contribution < -0.4 is 0 Å². The number of hydrogen-bond donors (Lipinski definition) is 1. The number of pyridine rings is 1. The first-order valence-corrected chi connectivity index (χ1v) is 4.30. The van der Waals surface area contributed by atoms with E-state index in [0.717, 1.165) is 16.5 Å². The average Bonchev–Trinajstić information content (AvgIpc) is 2.27. The third-order valence-corrected chi connectivity index (χ3v) is 2.08. The molecular formula is C12H9NO. The van der Waals surface area contributed by atoms with E-state index in [4.69, 9.17) is 11.5 Å². The molecule has 0 spiro atoms. The summed E-state index contributed by atoms with van der Waals surface area (Å²) in [6, 6.07) is 9.32. The van der Waals surface area contributed by atoms with Crippen LogP contribution in [-0.4, -0.2) is 10.1 Å². The Morgan fingerprint density at radius 1 is 1.29 bits per heavy atom. The van der Waals surface area contributed by atoms with E-state index in [1.807, 2.05) is 24.3 Å². The molecular weight excluding hydrogens is 174 g/mol. The van der Waals surface area contributed by atoms with Gasteiger partial charge in [0, 0.05) is 10.9 Å². The van der Waals surface area contributed by atoms with Gasteiger partial charge in [-0.1, -0.05) is 12.0 Å². The molecule has 0 saturated carbocycles. The summed E-state index contributed by atoms with van der Waals surface area (Å²) < 4.78 is 0. The molecule has 1 heterocycles. The van der Waals surface area contributed by atoms with Crippen molar-refractivity contribution in [2.75, 3.05) is 0 Å². The van der Waals surface area contributed by atoms with E-state index in [1.165, 1.54) is 0 Å². The number of aliphatic hydroxyl groups excluding tert-OH is 1. The molecule has 0 unspecified atom stereocenters. The van der Waals surface area contributed by atoms with Crippen molar-refractivity contribution in [3.63, 3.8) is 0 Å². The van der Waals surface area contributed by atoms with E-state index in [0.29, 0.717) is 5.69 Å². The van der Waals surface area contributed by atoms with Crippen molar-refractivity contribution in [2.45, 2.75) is 6.61 Å². The van der Waals surface area contributed by atoms with Crippen LogP contribution in [0.3, 0.4) is 0 Å². The number of terminal acetylenes is 1. The first-order chi connectivity index (χ1) is 6.83. The summed E-state index contributed by atoms with van der Waals surface area (Å²) in [5, 5.41) is 9.90. The summed E-state index contributed by atoms with van der Waals surface area (Å²) >= 11 is 0. The second-order valence-electron chi connectivity index (χ2n) is 3.01. The van der Waals surface area contributed by atoms with Gasteiger partial charge in [-0.2, -0.15) is 0 Å². The first kappa shape index (κ1) is 8.74. The molecule has 0 aliphatic carbocycles. The Balaban J connectivity index is 2.64. The van der Waals surface area contributed by atoms with Gasteiger partial charge in [-0.3, -0.25) is 4.98 Å². The summed E-state index contributed by atoms with van der Waals surface area (Å²) in [7, 11) is 0. The van der Waals surface area contributed by atoms with E-state index in [-0.39, 0.29) is 6.61 Å². The molecule has 0 amide bonds. The topological polar surface area (TPSA) is 33.1 Å². The number of aliphatic hydroxyl groups is 1. The minimum Gasteiger partial charge on any atom is -0.390 e. The molecule has 0 aliphatic rings. The van der Waals surface area contributed by atoms with E-state index >= 15 is 0 Å². The molecule has 14 heavy (non-hydrogen) atoms. The van der Waals surface area contributed by atoms with Crippen LogP contribution in [0.25, 0.3) is 10.9 Å². The standard InChI is InChI=1S/C12H9NO/c1-2-9-3-6-12-10(7-9)4-5-11(8-14)13-12/h1,3-7,14H,8H2. The number of nitrogens with zero attached hydrogens (tertiary/aromatic N) is 1. The van der Waals surface area contributed by atoms with Crippen LogP contribution in [0.1, 0.15) is 11.3 Å².